The van der Waals surface area contributed by atoms with Gasteiger partial charge in [-0.2, -0.15) is 0 Å². The highest BCUT2D eigenvalue weighted by molar-refractivity contribution is 6.01. The maximum Gasteiger partial charge on any atom is 0.309 e. The van der Waals surface area contributed by atoms with Gasteiger partial charge in [0.15, 0.2) is 5.78 Å². The number of ether oxygens (including phenoxy) is 1. The van der Waals surface area contributed by atoms with Gasteiger partial charge in [0.1, 0.15) is 11.9 Å². The number of hydrogen-bond acceptors (Lipinski definition) is 7. The molecule has 298 valence electrons. The van der Waals surface area contributed by atoms with E-state index >= 15 is 0 Å². The Bertz CT molecular complexity index is 1770. The summed E-state index contributed by atoms with van der Waals surface area (Å²) in [6.45, 7) is 24.5. The van der Waals surface area contributed by atoms with Gasteiger partial charge in [0.25, 0.3) is 0 Å². The highest BCUT2D eigenvalue weighted by atomic mass is 16.5. The molecule has 2 N–H and O–H groups in total. The number of nitrogens with zero attached hydrogens (tertiary/aromatic N) is 1. The summed E-state index contributed by atoms with van der Waals surface area (Å²) < 4.78 is 11.7. The van der Waals surface area contributed by atoms with Crippen molar-refractivity contribution >= 4 is 23.6 Å². The Kier molecular flexibility index (Phi) is 9.29. The minimum Gasteiger partial charge on any atom is -0.481 e. The highest BCUT2D eigenvalue weighted by Crippen LogP contribution is 2.77. The quantitative estimate of drug-likeness (QED) is 0.252. The molecule has 5 saturated carbocycles. The molecule has 0 bridgehead atoms. The number of hydrogen-bond donors (Lipinski definition) is 2. The van der Waals surface area contributed by atoms with Crippen LogP contribution in [0.1, 0.15) is 150 Å². The van der Waals surface area contributed by atoms with Gasteiger partial charge in [-0.25, -0.2) is 0 Å². The Morgan fingerprint density at radius 3 is 2.20 bits per heavy atom. The summed E-state index contributed by atoms with van der Waals surface area (Å²) in [5.41, 5.74) is 2.89. The van der Waals surface area contributed by atoms with Crippen LogP contribution in [0.5, 0.6) is 0 Å². The molecule has 0 aliphatic heterocycles. The van der Waals surface area contributed by atoms with Gasteiger partial charge in [0, 0.05) is 35.8 Å². The van der Waals surface area contributed by atoms with Crippen molar-refractivity contribution in [2.24, 2.45) is 68.0 Å². The van der Waals surface area contributed by atoms with Crippen molar-refractivity contribution in [3.63, 3.8) is 0 Å². The van der Waals surface area contributed by atoms with Gasteiger partial charge in [-0.3, -0.25) is 19.2 Å². The van der Waals surface area contributed by atoms with Crippen LogP contribution in [-0.4, -0.2) is 40.0 Å². The fraction of sp³-hybridized carbons (Fsp3) is 0.800. The second-order valence-electron chi connectivity index (χ2n) is 21.0. The molecular weight excluding hydrogens is 681 g/mol. The number of carbonyl (C=O) groups is 4. The first-order valence-electron chi connectivity index (χ1n) is 20.9. The summed E-state index contributed by atoms with van der Waals surface area (Å²) >= 11 is 0. The number of aryl methyl sites for hydroxylation is 2. The minimum atomic E-state index is -0.832. The molecular formula is C45H66N2O7. The molecule has 1 amide bonds. The van der Waals surface area contributed by atoms with E-state index < -0.39 is 22.7 Å². The lowest BCUT2D eigenvalue weighted by molar-refractivity contribution is -0.236. The Hall–Kier alpha value is -2.97. The van der Waals surface area contributed by atoms with E-state index in [1.165, 1.54) is 5.57 Å². The maximum atomic E-state index is 14.0. The van der Waals surface area contributed by atoms with E-state index in [9.17, 15) is 24.3 Å². The lowest BCUT2D eigenvalue weighted by Gasteiger charge is -2.72. The predicted octanol–water partition coefficient (Wildman–Crippen LogP) is 8.94. The lowest BCUT2D eigenvalue weighted by Crippen LogP contribution is -2.66. The molecule has 1 heterocycles. The number of esters is 1. The van der Waals surface area contributed by atoms with Gasteiger partial charge in [0.2, 0.25) is 5.91 Å². The van der Waals surface area contributed by atoms with E-state index in [-0.39, 0.29) is 63.2 Å². The third-order valence-electron chi connectivity index (χ3n) is 17.8. The Labute approximate surface area is 322 Å². The molecule has 0 unspecified atom stereocenters. The number of amides is 1. The molecule has 6 aliphatic carbocycles. The molecule has 10 atom stereocenters. The standard InChI is InChI=1S/C45H66N2O7/c1-24(2)36-31(48)21-45(22-35(49)46-23-27-25(3)47-54-26(27)4)19-18-43(10)28(37(36)45)12-13-33-42(9)16-15-34(41(7,8)32(42)14-17-44(33,43)11)53-39(52)30-20-29(38(50)51)40(30,5)6/h24,28-30,32-34H,12-23H2,1-11H3,(H,46,49)(H,50,51)/t28-,29+,30-,32+,33-,34+,42+,43-,44-,45+/m1/s1. The monoisotopic (exact) mass is 746 g/mol. The second-order valence-corrected chi connectivity index (χ2v) is 21.0. The predicted molar refractivity (Wildman–Crippen MR) is 205 cm³/mol. The number of fused-ring (bicyclic) bond motifs is 7. The zero-order valence-electron chi connectivity index (χ0n) is 34.9. The molecule has 9 nitrogen and oxygen atoms in total. The summed E-state index contributed by atoms with van der Waals surface area (Å²) in [6.07, 6.45) is 8.87. The minimum absolute atomic E-state index is 0.00933. The van der Waals surface area contributed by atoms with Gasteiger partial charge in [0.05, 0.1) is 17.5 Å². The number of aromatic nitrogens is 1. The van der Waals surface area contributed by atoms with E-state index in [1.807, 2.05) is 27.7 Å². The van der Waals surface area contributed by atoms with Crippen molar-refractivity contribution in [3.8, 4) is 0 Å². The van der Waals surface area contributed by atoms with Crippen LogP contribution in [0.2, 0.25) is 0 Å². The Morgan fingerprint density at radius 2 is 1.59 bits per heavy atom. The second kappa shape index (κ2) is 12.8. The smallest absolute Gasteiger partial charge is 0.309 e. The first-order valence-corrected chi connectivity index (χ1v) is 20.9. The normalized spacial score (nSPS) is 40.6. The number of carbonyl (C=O) groups excluding carboxylic acids is 3. The highest BCUT2D eigenvalue weighted by Gasteiger charge is 2.70. The van der Waals surface area contributed by atoms with Crippen molar-refractivity contribution < 1.29 is 33.5 Å². The fourth-order valence-electron chi connectivity index (χ4n) is 14.4. The van der Waals surface area contributed by atoms with Crippen molar-refractivity contribution in [2.75, 3.05) is 0 Å². The lowest BCUT2D eigenvalue weighted by atomic mass is 9.33. The average molecular weight is 747 g/mol. The van der Waals surface area contributed by atoms with E-state index in [2.05, 4.69) is 58.9 Å². The Balaban J connectivity index is 1.13. The van der Waals surface area contributed by atoms with E-state index in [0.29, 0.717) is 37.6 Å². The number of aliphatic carboxylic acids is 1. The molecule has 54 heavy (non-hydrogen) atoms. The van der Waals surface area contributed by atoms with Crippen LogP contribution in [-0.2, 0) is 30.5 Å². The molecule has 1 aromatic rings. The Morgan fingerprint density at radius 1 is 0.889 bits per heavy atom. The topological polar surface area (TPSA) is 136 Å². The van der Waals surface area contributed by atoms with Crippen molar-refractivity contribution in [1.82, 2.24) is 10.5 Å². The van der Waals surface area contributed by atoms with Crippen LogP contribution in [0.25, 0.3) is 0 Å². The van der Waals surface area contributed by atoms with Crippen LogP contribution in [0.4, 0.5) is 0 Å². The molecule has 0 radical (unpaired) electrons. The summed E-state index contributed by atoms with van der Waals surface area (Å²) in [7, 11) is 0. The number of rotatable bonds is 8. The van der Waals surface area contributed by atoms with E-state index in [1.54, 1.807) is 0 Å². The molecule has 5 fully saturated rings. The fourth-order valence-corrected chi connectivity index (χ4v) is 14.4. The number of carboxylic acids is 1. The van der Waals surface area contributed by atoms with Crippen LogP contribution in [0.3, 0.4) is 0 Å². The van der Waals surface area contributed by atoms with Crippen molar-refractivity contribution in [2.45, 2.75) is 159 Å². The zero-order chi connectivity index (χ0) is 39.6. The van der Waals surface area contributed by atoms with Gasteiger partial charge in [-0.05, 0) is 123 Å². The summed E-state index contributed by atoms with van der Waals surface area (Å²) in [5, 5.41) is 16.9. The van der Waals surface area contributed by atoms with Crippen molar-refractivity contribution in [1.29, 1.82) is 0 Å². The number of ketones is 1. The first-order chi connectivity index (χ1) is 25.0. The van der Waals surface area contributed by atoms with E-state index in [4.69, 9.17) is 9.26 Å². The number of allylic oxidation sites excluding steroid dienone is 2. The van der Waals surface area contributed by atoms with Gasteiger partial charge in [-0.15, -0.1) is 0 Å². The van der Waals surface area contributed by atoms with Crippen LogP contribution >= 0.6 is 0 Å². The van der Waals surface area contributed by atoms with E-state index in [0.717, 1.165) is 74.0 Å². The average Bonchev–Trinajstić information content (AvgIpc) is 3.54. The first kappa shape index (κ1) is 39.3. The van der Waals surface area contributed by atoms with Crippen LogP contribution in [0, 0.1) is 81.8 Å². The van der Waals surface area contributed by atoms with Gasteiger partial charge >= 0.3 is 11.9 Å². The van der Waals surface area contributed by atoms with Crippen LogP contribution < -0.4 is 5.32 Å². The van der Waals surface area contributed by atoms with Gasteiger partial charge < -0.3 is 19.7 Å². The summed E-state index contributed by atoms with van der Waals surface area (Å²) in [5.74, 6) is 0.252. The SMILES string of the molecule is Cc1noc(C)c1CNC(=O)C[C@@]12CC[C@]3(C)[C@H](CC[C@@H]4[C@@]5(C)CC[C@H](OC(=O)[C@H]6C[C@@H](C(=O)O)C6(C)C)C(C)(C)[C@@H]5CC[C@]43C)C1=C(C(C)C)C(=O)C2. The number of nitrogens with one attached hydrogen (secondary N) is 1. The molecule has 7 rings (SSSR count). The zero-order valence-corrected chi connectivity index (χ0v) is 34.9. The molecule has 0 spiro atoms. The van der Waals surface area contributed by atoms with Crippen LogP contribution in [0.15, 0.2) is 15.7 Å². The summed E-state index contributed by atoms with van der Waals surface area (Å²) in [6, 6.07) is 0. The maximum absolute atomic E-state index is 14.0. The molecule has 6 aliphatic rings. The number of Topliss-reactive ketones (excluding diaryl/α,β-unsaturated/α-hetero) is 1. The molecule has 0 aromatic carbocycles. The molecule has 9 heteroatoms. The third kappa shape index (κ3) is 5.45. The molecule has 1 aromatic heterocycles. The third-order valence-corrected chi connectivity index (χ3v) is 17.8. The van der Waals surface area contributed by atoms with Crippen molar-refractivity contribution in [3.05, 3.63) is 28.2 Å². The largest absolute Gasteiger partial charge is 0.481 e. The van der Waals surface area contributed by atoms with Gasteiger partial charge in [-0.1, -0.05) is 73.0 Å². The number of carboxylic acid groups (broad SMARTS) is 1. The summed E-state index contributed by atoms with van der Waals surface area (Å²) in [4.78, 5) is 53.2. The molecule has 0 saturated heterocycles.